The summed E-state index contributed by atoms with van der Waals surface area (Å²) in [4.78, 5) is 11.8. The number of unbranched alkanes of at least 4 members (excludes halogenated alkanes) is 1. The van der Waals surface area contributed by atoms with Gasteiger partial charge in [-0.2, -0.15) is 0 Å². The van der Waals surface area contributed by atoms with Crippen molar-refractivity contribution in [2.24, 2.45) is 5.73 Å². The van der Waals surface area contributed by atoms with E-state index in [4.69, 9.17) is 15.2 Å². The number of carbonyl (C=O) groups excluding carboxylic acids is 1. The maximum Gasteiger partial charge on any atom is 0.224 e. The molecule has 6 heteroatoms. The Morgan fingerprint density at radius 3 is 2.63 bits per heavy atom. The van der Waals surface area contributed by atoms with Crippen molar-refractivity contribution in [2.75, 3.05) is 25.1 Å². The number of ether oxygens (including phenoxy) is 2. The van der Waals surface area contributed by atoms with E-state index in [1.807, 2.05) is 6.07 Å². The molecular formula is C13H17BrN2O3. The fourth-order valence-electron chi connectivity index (χ4n) is 1.80. The molecule has 1 aliphatic rings. The molecule has 1 amide bonds. The number of nitrogens with one attached hydrogen (secondary N) is 1. The van der Waals surface area contributed by atoms with E-state index < -0.39 is 0 Å². The van der Waals surface area contributed by atoms with Crippen molar-refractivity contribution in [2.45, 2.75) is 19.3 Å². The largest absolute Gasteiger partial charge is 0.486 e. The Morgan fingerprint density at radius 1 is 1.26 bits per heavy atom. The lowest BCUT2D eigenvalue weighted by Gasteiger charge is -2.20. The lowest BCUT2D eigenvalue weighted by atomic mass is 10.2. The van der Waals surface area contributed by atoms with Gasteiger partial charge in [-0.15, -0.1) is 0 Å². The molecule has 104 valence electrons. The third-order valence-corrected chi connectivity index (χ3v) is 3.42. The average Bonchev–Trinajstić information content (AvgIpc) is 2.40. The second-order valence-corrected chi connectivity index (χ2v) is 5.12. The quantitative estimate of drug-likeness (QED) is 0.813. The number of fused-ring (bicyclic) bond motifs is 1. The van der Waals surface area contributed by atoms with Gasteiger partial charge in [0.1, 0.15) is 13.2 Å². The lowest BCUT2D eigenvalue weighted by molar-refractivity contribution is -0.116. The Bertz CT molecular complexity index is 465. The average molecular weight is 329 g/mol. The summed E-state index contributed by atoms with van der Waals surface area (Å²) >= 11 is 3.42. The van der Waals surface area contributed by atoms with E-state index in [0.29, 0.717) is 43.4 Å². The fourth-order valence-corrected chi connectivity index (χ4v) is 2.22. The van der Waals surface area contributed by atoms with Crippen LogP contribution in [0.3, 0.4) is 0 Å². The predicted molar refractivity (Wildman–Crippen MR) is 76.7 cm³/mol. The van der Waals surface area contributed by atoms with Gasteiger partial charge < -0.3 is 20.5 Å². The highest BCUT2D eigenvalue weighted by atomic mass is 79.9. The Morgan fingerprint density at radius 2 is 1.95 bits per heavy atom. The highest BCUT2D eigenvalue weighted by Gasteiger charge is 2.15. The van der Waals surface area contributed by atoms with Gasteiger partial charge in [0.05, 0.1) is 5.69 Å². The molecule has 0 bridgehead atoms. The minimum Gasteiger partial charge on any atom is -0.486 e. The third kappa shape index (κ3) is 3.84. The van der Waals surface area contributed by atoms with Crippen LogP contribution in [-0.2, 0) is 4.79 Å². The summed E-state index contributed by atoms with van der Waals surface area (Å²) in [5.74, 6) is 1.33. The minimum absolute atomic E-state index is 0.0224. The molecule has 0 fully saturated rings. The molecule has 3 N–H and O–H groups in total. The Balaban J connectivity index is 2.01. The van der Waals surface area contributed by atoms with Crippen molar-refractivity contribution in [3.63, 3.8) is 0 Å². The molecule has 1 aromatic carbocycles. The number of nitrogens with two attached hydrogens (primary N) is 1. The first-order valence-electron chi connectivity index (χ1n) is 6.30. The van der Waals surface area contributed by atoms with E-state index in [1.54, 1.807) is 6.07 Å². The summed E-state index contributed by atoms with van der Waals surface area (Å²) in [5, 5.41) is 2.86. The van der Waals surface area contributed by atoms with Gasteiger partial charge >= 0.3 is 0 Å². The number of halogens is 1. The van der Waals surface area contributed by atoms with Gasteiger partial charge in [-0.05, 0) is 35.3 Å². The molecule has 0 saturated carbocycles. The molecule has 0 radical (unpaired) electrons. The summed E-state index contributed by atoms with van der Waals surface area (Å²) < 4.78 is 11.7. The highest BCUT2D eigenvalue weighted by molar-refractivity contribution is 9.10. The molecule has 0 atom stereocenters. The number of hydrogen-bond donors (Lipinski definition) is 2. The number of anilines is 1. The molecule has 0 aliphatic carbocycles. The van der Waals surface area contributed by atoms with Gasteiger partial charge in [0.2, 0.25) is 5.91 Å². The van der Waals surface area contributed by atoms with E-state index in [0.717, 1.165) is 17.3 Å². The van der Waals surface area contributed by atoms with Crippen LogP contribution in [0.2, 0.25) is 0 Å². The van der Waals surface area contributed by atoms with Gasteiger partial charge in [-0.25, -0.2) is 0 Å². The SMILES string of the molecule is NCCCCC(=O)Nc1cc2c(cc1Br)OCCO2. The summed E-state index contributed by atoms with van der Waals surface area (Å²) in [6, 6.07) is 3.59. The summed E-state index contributed by atoms with van der Waals surface area (Å²) in [7, 11) is 0. The van der Waals surface area contributed by atoms with E-state index in [1.165, 1.54) is 0 Å². The van der Waals surface area contributed by atoms with Gasteiger partial charge in [0.15, 0.2) is 11.5 Å². The van der Waals surface area contributed by atoms with Crippen LogP contribution >= 0.6 is 15.9 Å². The molecule has 1 aromatic rings. The maximum absolute atomic E-state index is 11.8. The molecule has 1 heterocycles. The molecule has 0 saturated heterocycles. The van der Waals surface area contributed by atoms with Crippen LogP contribution in [0.1, 0.15) is 19.3 Å². The number of amides is 1. The number of benzene rings is 1. The van der Waals surface area contributed by atoms with Crippen molar-refractivity contribution in [3.8, 4) is 11.5 Å². The fraction of sp³-hybridized carbons (Fsp3) is 0.462. The lowest BCUT2D eigenvalue weighted by Crippen LogP contribution is -2.17. The van der Waals surface area contributed by atoms with E-state index >= 15 is 0 Å². The van der Waals surface area contributed by atoms with Gasteiger partial charge in [-0.1, -0.05) is 0 Å². The van der Waals surface area contributed by atoms with Crippen LogP contribution in [0, 0.1) is 0 Å². The molecule has 1 aliphatic heterocycles. The third-order valence-electron chi connectivity index (χ3n) is 2.76. The van der Waals surface area contributed by atoms with E-state index in [2.05, 4.69) is 21.2 Å². The monoisotopic (exact) mass is 328 g/mol. The summed E-state index contributed by atoms with van der Waals surface area (Å²) in [5.41, 5.74) is 6.09. The second-order valence-electron chi connectivity index (χ2n) is 4.27. The number of rotatable bonds is 5. The molecule has 0 unspecified atom stereocenters. The molecule has 2 rings (SSSR count). The normalized spacial score (nSPS) is 13.2. The maximum atomic E-state index is 11.8. The Hall–Kier alpha value is -1.27. The summed E-state index contributed by atoms with van der Waals surface area (Å²) in [6.45, 7) is 1.68. The Labute approximate surface area is 120 Å². The highest BCUT2D eigenvalue weighted by Crippen LogP contribution is 2.38. The van der Waals surface area contributed by atoms with Crippen LogP contribution in [0.4, 0.5) is 5.69 Å². The minimum atomic E-state index is -0.0224. The molecular weight excluding hydrogens is 312 g/mol. The van der Waals surface area contributed by atoms with Gasteiger partial charge in [-0.3, -0.25) is 4.79 Å². The van der Waals surface area contributed by atoms with Crippen molar-refractivity contribution >= 4 is 27.5 Å². The van der Waals surface area contributed by atoms with Crippen LogP contribution in [0.5, 0.6) is 11.5 Å². The van der Waals surface area contributed by atoms with Gasteiger partial charge in [0, 0.05) is 23.0 Å². The molecule has 5 nitrogen and oxygen atoms in total. The number of carbonyl (C=O) groups is 1. The summed E-state index contributed by atoms with van der Waals surface area (Å²) in [6.07, 6.45) is 2.12. The topological polar surface area (TPSA) is 73.6 Å². The van der Waals surface area contributed by atoms with Crippen LogP contribution < -0.4 is 20.5 Å². The second kappa shape index (κ2) is 6.77. The first kappa shape index (κ1) is 14.1. The van der Waals surface area contributed by atoms with Crippen LogP contribution in [-0.4, -0.2) is 25.7 Å². The first-order valence-corrected chi connectivity index (χ1v) is 7.09. The van der Waals surface area contributed by atoms with Crippen LogP contribution in [0.15, 0.2) is 16.6 Å². The van der Waals surface area contributed by atoms with Crippen molar-refractivity contribution in [3.05, 3.63) is 16.6 Å². The first-order chi connectivity index (χ1) is 9.20. The Kier molecular flexibility index (Phi) is 5.04. The van der Waals surface area contributed by atoms with Gasteiger partial charge in [0.25, 0.3) is 0 Å². The van der Waals surface area contributed by atoms with Crippen molar-refractivity contribution in [1.29, 1.82) is 0 Å². The molecule has 0 spiro atoms. The smallest absolute Gasteiger partial charge is 0.224 e. The standard InChI is InChI=1S/C13H17BrN2O3/c14-9-7-11-12(19-6-5-18-11)8-10(9)16-13(17)3-1-2-4-15/h7-8H,1-6,15H2,(H,16,17). The zero-order chi connectivity index (χ0) is 13.7. The number of hydrogen-bond acceptors (Lipinski definition) is 4. The van der Waals surface area contributed by atoms with E-state index in [9.17, 15) is 4.79 Å². The van der Waals surface area contributed by atoms with Crippen molar-refractivity contribution < 1.29 is 14.3 Å². The predicted octanol–water partition coefficient (Wildman–Crippen LogP) is 2.29. The van der Waals surface area contributed by atoms with E-state index in [-0.39, 0.29) is 5.91 Å². The van der Waals surface area contributed by atoms with Crippen LogP contribution in [0.25, 0.3) is 0 Å². The van der Waals surface area contributed by atoms with Crippen molar-refractivity contribution in [1.82, 2.24) is 0 Å². The molecule has 19 heavy (non-hydrogen) atoms. The molecule has 0 aromatic heterocycles. The zero-order valence-corrected chi connectivity index (χ0v) is 12.2. The zero-order valence-electron chi connectivity index (χ0n) is 10.6.